The molecule has 1 N–H and O–H groups in total. The first-order valence-corrected chi connectivity index (χ1v) is 11.8. The molecule has 2 aliphatic rings. The summed E-state index contributed by atoms with van der Waals surface area (Å²) in [6, 6.07) is 12.0. The van der Waals surface area contributed by atoms with Crippen LogP contribution in [0.15, 0.2) is 48.7 Å². The number of carbonyl (C=O) groups excluding carboxylic acids is 1. The van der Waals surface area contributed by atoms with Crippen LogP contribution in [0.3, 0.4) is 0 Å². The summed E-state index contributed by atoms with van der Waals surface area (Å²) >= 11 is 6.36. The average Bonchev–Trinajstić information content (AvgIpc) is 3.61. The Balaban J connectivity index is 1.42. The Morgan fingerprint density at radius 2 is 2.03 bits per heavy atom. The molecule has 4 aromatic rings. The van der Waals surface area contributed by atoms with Crippen LogP contribution in [0.25, 0.3) is 16.8 Å². The predicted octanol–water partition coefficient (Wildman–Crippen LogP) is 5.63. The summed E-state index contributed by atoms with van der Waals surface area (Å²) in [7, 11) is 0. The van der Waals surface area contributed by atoms with E-state index in [0.29, 0.717) is 34.8 Å². The first-order valence-electron chi connectivity index (χ1n) is 11.4. The molecule has 1 saturated carbocycles. The third kappa shape index (κ3) is 3.51. The molecule has 0 radical (unpaired) electrons. The highest BCUT2D eigenvalue weighted by Crippen LogP contribution is 2.43. The van der Waals surface area contributed by atoms with Gasteiger partial charge in [0.1, 0.15) is 11.6 Å². The van der Waals surface area contributed by atoms with Crippen molar-refractivity contribution in [2.45, 2.75) is 38.1 Å². The number of aromatic nitrogens is 3. The largest absolute Gasteiger partial charge is 0.493 e. The average molecular weight is 477 g/mol. The molecule has 1 atom stereocenters. The van der Waals surface area contributed by atoms with Crippen LogP contribution in [-0.4, -0.2) is 27.1 Å². The summed E-state index contributed by atoms with van der Waals surface area (Å²) in [5, 5.41) is 8.23. The maximum atomic E-state index is 13.6. The lowest BCUT2D eigenvalue weighted by atomic mass is 10.00. The predicted molar refractivity (Wildman–Crippen MR) is 127 cm³/mol. The van der Waals surface area contributed by atoms with Gasteiger partial charge in [0.05, 0.1) is 40.2 Å². The number of ether oxygens (including phenoxy) is 1. The third-order valence-electron chi connectivity index (χ3n) is 6.53. The Morgan fingerprint density at radius 1 is 1.21 bits per heavy atom. The van der Waals surface area contributed by atoms with Gasteiger partial charge >= 0.3 is 0 Å². The van der Waals surface area contributed by atoms with E-state index in [0.717, 1.165) is 41.1 Å². The first-order chi connectivity index (χ1) is 16.5. The molecule has 1 aliphatic heterocycles. The van der Waals surface area contributed by atoms with Crippen LogP contribution < -0.4 is 10.1 Å². The van der Waals surface area contributed by atoms with Gasteiger partial charge in [0.25, 0.3) is 5.91 Å². The van der Waals surface area contributed by atoms with E-state index >= 15 is 0 Å². The number of hydrogen-bond acceptors (Lipinski definition) is 4. The zero-order valence-corrected chi connectivity index (χ0v) is 19.3. The number of carbonyl (C=O) groups is 1. The van der Waals surface area contributed by atoms with Crippen LogP contribution >= 0.6 is 11.6 Å². The van der Waals surface area contributed by atoms with Gasteiger partial charge in [-0.2, -0.15) is 5.10 Å². The van der Waals surface area contributed by atoms with E-state index in [1.165, 1.54) is 12.1 Å². The normalized spacial score (nSPS) is 17.3. The smallest absolute Gasteiger partial charge is 0.255 e. The van der Waals surface area contributed by atoms with E-state index in [1.54, 1.807) is 16.8 Å². The van der Waals surface area contributed by atoms with E-state index in [2.05, 4.69) is 10.3 Å². The van der Waals surface area contributed by atoms with Gasteiger partial charge in [-0.1, -0.05) is 29.8 Å². The van der Waals surface area contributed by atoms with E-state index in [1.807, 2.05) is 31.2 Å². The lowest BCUT2D eigenvalue weighted by Gasteiger charge is -2.27. The van der Waals surface area contributed by atoms with Crippen LogP contribution in [0.4, 0.5) is 4.39 Å². The zero-order valence-electron chi connectivity index (χ0n) is 18.5. The molecule has 1 fully saturated rings. The molecule has 0 bridgehead atoms. The monoisotopic (exact) mass is 476 g/mol. The molecular weight excluding hydrogens is 455 g/mol. The molecule has 2 aromatic carbocycles. The first kappa shape index (κ1) is 21.1. The molecule has 172 valence electrons. The van der Waals surface area contributed by atoms with Crippen LogP contribution in [0.1, 0.15) is 58.5 Å². The standard InChI is InChI=1S/C26H22ClFN4O2/c1-14-23(17-9-8-16(28)12-20(17)27)25-29-13-19(24(15-6-7-15)32(25)31-14)26(33)30-21-10-11-34-22-5-3-2-4-18(21)22/h2-5,8-9,12-13,15,21H,6-7,10-11H2,1H3,(H,30,33)/t21-/m0/s1. The van der Waals surface area contributed by atoms with Crippen LogP contribution in [-0.2, 0) is 0 Å². The van der Waals surface area contributed by atoms with Crippen molar-refractivity contribution in [2.24, 2.45) is 0 Å². The topological polar surface area (TPSA) is 68.5 Å². The number of aryl methyl sites for hydroxylation is 1. The molecule has 8 heteroatoms. The fraction of sp³-hybridized carbons (Fsp3) is 0.269. The van der Waals surface area contributed by atoms with Gasteiger partial charge in [-0.25, -0.2) is 13.9 Å². The lowest BCUT2D eigenvalue weighted by molar-refractivity contribution is 0.0922. The molecule has 3 heterocycles. The van der Waals surface area contributed by atoms with Crippen molar-refractivity contribution in [2.75, 3.05) is 6.61 Å². The minimum Gasteiger partial charge on any atom is -0.493 e. The number of halogens is 2. The second-order valence-corrected chi connectivity index (χ2v) is 9.26. The van der Waals surface area contributed by atoms with Crippen LogP contribution in [0, 0.1) is 12.7 Å². The summed E-state index contributed by atoms with van der Waals surface area (Å²) in [6.07, 6.45) is 4.31. The quantitative estimate of drug-likeness (QED) is 0.414. The van der Waals surface area contributed by atoms with Crippen molar-refractivity contribution in [1.82, 2.24) is 19.9 Å². The Bertz CT molecular complexity index is 1450. The molecule has 34 heavy (non-hydrogen) atoms. The summed E-state index contributed by atoms with van der Waals surface area (Å²) in [4.78, 5) is 18.1. The van der Waals surface area contributed by atoms with Crippen LogP contribution in [0.2, 0.25) is 5.02 Å². The van der Waals surface area contributed by atoms with Gasteiger partial charge in [-0.3, -0.25) is 4.79 Å². The zero-order chi connectivity index (χ0) is 23.4. The van der Waals surface area contributed by atoms with E-state index in [-0.39, 0.29) is 17.9 Å². The highest BCUT2D eigenvalue weighted by molar-refractivity contribution is 6.33. The van der Waals surface area contributed by atoms with Gasteiger partial charge in [0, 0.05) is 29.7 Å². The number of fused-ring (bicyclic) bond motifs is 2. The third-order valence-corrected chi connectivity index (χ3v) is 6.84. The molecule has 2 aromatic heterocycles. The number of rotatable bonds is 4. The van der Waals surface area contributed by atoms with E-state index in [4.69, 9.17) is 21.4 Å². The molecule has 0 spiro atoms. The lowest BCUT2D eigenvalue weighted by Crippen LogP contribution is -2.33. The fourth-order valence-electron chi connectivity index (χ4n) is 4.77. The number of hydrogen-bond donors (Lipinski definition) is 1. The molecule has 6 rings (SSSR count). The Morgan fingerprint density at radius 3 is 2.82 bits per heavy atom. The van der Waals surface area contributed by atoms with Crippen molar-refractivity contribution in [3.05, 3.63) is 82.0 Å². The Kier molecular flexibility index (Phi) is 5.03. The van der Waals surface area contributed by atoms with Crippen molar-refractivity contribution < 1.29 is 13.9 Å². The molecule has 6 nitrogen and oxygen atoms in total. The highest BCUT2D eigenvalue weighted by atomic mass is 35.5. The van der Waals surface area contributed by atoms with E-state index < -0.39 is 5.82 Å². The highest BCUT2D eigenvalue weighted by Gasteiger charge is 2.34. The summed E-state index contributed by atoms with van der Waals surface area (Å²) < 4.78 is 21.1. The maximum Gasteiger partial charge on any atom is 0.255 e. The molecule has 0 unspecified atom stereocenters. The van der Waals surface area contributed by atoms with Gasteiger partial charge in [-0.15, -0.1) is 0 Å². The number of nitrogens with zero attached hydrogens (tertiary/aromatic N) is 3. The summed E-state index contributed by atoms with van der Waals surface area (Å²) in [6.45, 7) is 2.42. The van der Waals surface area contributed by atoms with Crippen molar-refractivity contribution in [3.63, 3.8) is 0 Å². The van der Waals surface area contributed by atoms with Gasteiger partial charge in [0.15, 0.2) is 5.65 Å². The summed E-state index contributed by atoms with van der Waals surface area (Å²) in [5.74, 6) is 0.471. The summed E-state index contributed by atoms with van der Waals surface area (Å²) in [5.41, 5.74) is 5.11. The SMILES string of the molecule is Cc1nn2c(C3CC3)c(C(=O)N[C@H]3CCOc4ccccc43)cnc2c1-c1ccc(F)cc1Cl. The number of nitrogens with one attached hydrogen (secondary N) is 1. The minimum atomic E-state index is -0.400. The van der Waals surface area contributed by atoms with Gasteiger partial charge < -0.3 is 10.1 Å². The maximum absolute atomic E-state index is 13.6. The van der Waals surface area contributed by atoms with Crippen molar-refractivity contribution >= 4 is 23.2 Å². The van der Waals surface area contributed by atoms with Gasteiger partial charge in [-0.05, 0) is 44.0 Å². The fourth-order valence-corrected chi connectivity index (χ4v) is 5.03. The van der Waals surface area contributed by atoms with Crippen molar-refractivity contribution in [3.8, 4) is 16.9 Å². The molecule has 1 amide bonds. The van der Waals surface area contributed by atoms with Crippen molar-refractivity contribution in [1.29, 1.82) is 0 Å². The molecular formula is C26H22ClFN4O2. The number of para-hydroxylation sites is 1. The Hall–Kier alpha value is -3.45. The second-order valence-electron chi connectivity index (χ2n) is 8.85. The second kappa shape index (κ2) is 8.09. The minimum absolute atomic E-state index is 0.131. The molecule has 1 aliphatic carbocycles. The van der Waals surface area contributed by atoms with Gasteiger partial charge in [0.2, 0.25) is 0 Å². The number of amides is 1. The van der Waals surface area contributed by atoms with Crippen LogP contribution in [0.5, 0.6) is 5.75 Å². The number of benzene rings is 2. The van der Waals surface area contributed by atoms with E-state index in [9.17, 15) is 9.18 Å². The molecule has 0 saturated heterocycles. The Labute approximate surface area is 200 Å².